The summed E-state index contributed by atoms with van der Waals surface area (Å²) in [6.45, 7) is 3.14. The zero-order valence-corrected chi connectivity index (χ0v) is 21.6. The number of rotatable bonds is 8. The van der Waals surface area contributed by atoms with Gasteiger partial charge < -0.3 is 33.2 Å². The number of hydrogen-bond acceptors (Lipinski definition) is 9. The average Bonchev–Trinajstić information content (AvgIpc) is 2.95. The van der Waals surface area contributed by atoms with E-state index in [2.05, 4.69) is 0 Å². The SMILES string of the molecule is CC(=O)OC1C(Oc2ccc(OCc3ccccc3)cc2)OC2COC(c3ccccc3)OC2C1OC(C)=O. The van der Waals surface area contributed by atoms with Crippen molar-refractivity contribution in [1.29, 1.82) is 0 Å². The van der Waals surface area contributed by atoms with Crippen molar-refractivity contribution >= 4 is 11.9 Å². The van der Waals surface area contributed by atoms with Crippen LogP contribution in [-0.4, -0.2) is 49.3 Å². The molecule has 3 aromatic carbocycles. The molecule has 0 amide bonds. The van der Waals surface area contributed by atoms with Crippen LogP contribution in [0.4, 0.5) is 0 Å². The molecule has 9 heteroatoms. The van der Waals surface area contributed by atoms with Crippen LogP contribution in [0.15, 0.2) is 84.9 Å². The minimum Gasteiger partial charge on any atom is -0.489 e. The van der Waals surface area contributed by atoms with Crippen molar-refractivity contribution in [2.75, 3.05) is 6.61 Å². The smallest absolute Gasteiger partial charge is 0.303 e. The lowest BCUT2D eigenvalue weighted by Gasteiger charge is -2.47. The Morgan fingerprint density at radius 3 is 2.05 bits per heavy atom. The minimum absolute atomic E-state index is 0.154. The van der Waals surface area contributed by atoms with Gasteiger partial charge in [0.05, 0.1) is 6.61 Å². The Morgan fingerprint density at radius 1 is 0.769 bits per heavy atom. The molecule has 39 heavy (non-hydrogen) atoms. The van der Waals surface area contributed by atoms with Gasteiger partial charge in [-0.3, -0.25) is 9.59 Å². The van der Waals surface area contributed by atoms with Crippen LogP contribution in [0.5, 0.6) is 11.5 Å². The van der Waals surface area contributed by atoms with Gasteiger partial charge in [-0.1, -0.05) is 60.7 Å². The Bertz CT molecular complexity index is 1230. The molecule has 6 atom stereocenters. The quantitative estimate of drug-likeness (QED) is 0.391. The lowest BCUT2D eigenvalue weighted by atomic mass is 9.97. The molecule has 3 aromatic rings. The third-order valence-corrected chi connectivity index (χ3v) is 6.28. The van der Waals surface area contributed by atoms with Gasteiger partial charge in [-0.2, -0.15) is 0 Å². The van der Waals surface area contributed by atoms with Gasteiger partial charge in [-0.25, -0.2) is 0 Å². The summed E-state index contributed by atoms with van der Waals surface area (Å²) >= 11 is 0. The van der Waals surface area contributed by atoms with E-state index in [1.165, 1.54) is 13.8 Å². The van der Waals surface area contributed by atoms with E-state index in [1.807, 2.05) is 60.7 Å². The predicted molar refractivity (Wildman–Crippen MR) is 138 cm³/mol. The largest absolute Gasteiger partial charge is 0.489 e. The van der Waals surface area contributed by atoms with Gasteiger partial charge in [0, 0.05) is 19.4 Å². The molecule has 0 N–H and O–H groups in total. The number of esters is 2. The fraction of sp³-hybridized carbons (Fsp3) is 0.333. The predicted octanol–water partition coefficient (Wildman–Crippen LogP) is 4.35. The summed E-state index contributed by atoms with van der Waals surface area (Å²) in [7, 11) is 0. The van der Waals surface area contributed by atoms with E-state index in [9.17, 15) is 9.59 Å². The Kier molecular flexibility index (Phi) is 8.41. The first-order chi connectivity index (χ1) is 19.0. The molecule has 2 saturated heterocycles. The number of ether oxygens (including phenoxy) is 7. The van der Waals surface area contributed by atoms with E-state index < -0.39 is 48.9 Å². The summed E-state index contributed by atoms with van der Waals surface area (Å²) in [6.07, 6.45) is -5.26. The van der Waals surface area contributed by atoms with Crippen molar-refractivity contribution in [2.45, 2.75) is 57.5 Å². The lowest BCUT2D eigenvalue weighted by molar-refractivity contribution is -0.351. The number of carbonyl (C=O) groups is 2. The molecule has 2 heterocycles. The first kappa shape index (κ1) is 26.7. The fourth-order valence-corrected chi connectivity index (χ4v) is 4.55. The molecule has 2 aliphatic rings. The minimum atomic E-state index is -1.09. The van der Waals surface area contributed by atoms with Crippen molar-refractivity contribution in [3.63, 3.8) is 0 Å². The summed E-state index contributed by atoms with van der Waals surface area (Å²) < 4.78 is 41.4. The molecule has 0 spiro atoms. The normalized spacial score (nSPS) is 26.1. The molecule has 0 saturated carbocycles. The van der Waals surface area contributed by atoms with Crippen LogP contribution in [0.3, 0.4) is 0 Å². The van der Waals surface area contributed by atoms with Crippen LogP contribution in [0.25, 0.3) is 0 Å². The van der Waals surface area contributed by atoms with Crippen LogP contribution in [-0.2, 0) is 39.9 Å². The summed E-state index contributed by atoms with van der Waals surface area (Å²) in [4.78, 5) is 24.2. The van der Waals surface area contributed by atoms with E-state index in [4.69, 9.17) is 33.2 Å². The van der Waals surface area contributed by atoms with Crippen LogP contribution in [0.2, 0.25) is 0 Å². The Hall–Kier alpha value is -3.92. The van der Waals surface area contributed by atoms with Gasteiger partial charge in [-0.15, -0.1) is 0 Å². The van der Waals surface area contributed by atoms with Gasteiger partial charge in [0.1, 0.15) is 30.3 Å². The maximum Gasteiger partial charge on any atom is 0.303 e. The third-order valence-electron chi connectivity index (χ3n) is 6.28. The van der Waals surface area contributed by atoms with Gasteiger partial charge in [0.2, 0.25) is 12.4 Å². The Morgan fingerprint density at radius 2 is 1.38 bits per heavy atom. The van der Waals surface area contributed by atoms with Crippen LogP contribution in [0.1, 0.15) is 31.3 Å². The molecule has 9 nitrogen and oxygen atoms in total. The standard InChI is InChI=1S/C30H30O9/c1-19(31)35-27-26-25(18-34-29(39-26)22-11-7-4-8-12-22)38-30(28(27)36-20(2)32)37-24-15-13-23(14-16-24)33-17-21-9-5-3-6-10-21/h3-16,25-30H,17-18H2,1-2H3. The number of benzene rings is 3. The Balaban J connectivity index is 1.32. The molecular weight excluding hydrogens is 504 g/mol. The molecular formula is C30H30O9. The second-order valence-electron chi connectivity index (χ2n) is 9.23. The molecule has 5 rings (SSSR count). The highest BCUT2D eigenvalue weighted by molar-refractivity contribution is 5.67. The van der Waals surface area contributed by atoms with Gasteiger partial charge in [-0.05, 0) is 29.8 Å². The fourth-order valence-electron chi connectivity index (χ4n) is 4.55. The molecule has 2 aliphatic heterocycles. The maximum absolute atomic E-state index is 12.1. The van der Waals surface area contributed by atoms with Gasteiger partial charge in [0.25, 0.3) is 0 Å². The second kappa shape index (κ2) is 12.3. The summed E-state index contributed by atoms with van der Waals surface area (Å²) in [6, 6.07) is 26.2. The topological polar surface area (TPSA) is 98.8 Å². The van der Waals surface area contributed by atoms with Gasteiger partial charge in [0.15, 0.2) is 12.4 Å². The molecule has 0 bridgehead atoms. The zero-order valence-electron chi connectivity index (χ0n) is 21.6. The Labute approximate surface area is 226 Å². The number of fused-ring (bicyclic) bond motifs is 1. The molecule has 0 aromatic heterocycles. The molecule has 204 valence electrons. The van der Waals surface area contributed by atoms with Crippen molar-refractivity contribution < 1.29 is 42.7 Å². The van der Waals surface area contributed by atoms with Crippen molar-refractivity contribution in [3.05, 3.63) is 96.1 Å². The summed E-state index contributed by atoms with van der Waals surface area (Å²) in [5, 5.41) is 0. The molecule has 2 fully saturated rings. The average molecular weight is 535 g/mol. The number of carbonyl (C=O) groups excluding carboxylic acids is 2. The van der Waals surface area contributed by atoms with Crippen molar-refractivity contribution in [3.8, 4) is 11.5 Å². The number of hydrogen-bond donors (Lipinski definition) is 0. The van der Waals surface area contributed by atoms with E-state index in [-0.39, 0.29) is 6.61 Å². The summed E-state index contributed by atoms with van der Waals surface area (Å²) in [5.41, 5.74) is 1.85. The third kappa shape index (κ3) is 6.75. The second-order valence-corrected chi connectivity index (χ2v) is 9.23. The zero-order chi connectivity index (χ0) is 27.2. The molecule has 0 aliphatic carbocycles. The van der Waals surface area contributed by atoms with E-state index in [0.29, 0.717) is 18.1 Å². The highest BCUT2D eigenvalue weighted by Crippen LogP contribution is 2.37. The van der Waals surface area contributed by atoms with E-state index >= 15 is 0 Å². The highest BCUT2D eigenvalue weighted by atomic mass is 16.8. The molecule has 6 unspecified atom stereocenters. The summed E-state index contributed by atoms with van der Waals surface area (Å²) in [5.74, 6) is -0.0258. The molecule has 0 radical (unpaired) electrons. The lowest BCUT2D eigenvalue weighted by Crippen LogP contribution is -2.64. The van der Waals surface area contributed by atoms with E-state index in [0.717, 1.165) is 11.1 Å². The van der Waals surface area contributed by atoms with Crippen molar-refractivity contribution in [1.82, 2.24) is 0 Å². The monoisotopic (exact) mass is 534 g/mol. The first-order valence-corrected chi connectivity index (χ1v) is 12.7. The van der Waals surface area contributed by atoms with Crippen LogP contribution >= 0.6 is 0 Å². The van der Waals surface area contributed by atoms with Crippen LogP contribution < -0.4 is 9.47 Å². The van der Waals surface area contributed by atoms with Crippen LogP contribution in [0, 0.1) is 0 Å². The van der Waals surface area contributed by atoms with E-state index in [1.54, 1.807) is 24.3 Å². The van der Waals surface area contributed by atoms with Gasteiger partial charge >= 0.3 is 11.9 Å². The maximum atomic E-state index is 12.1. The van der Waals surface area contributed by atoms with Crippen molar-refractivity contribution in [2.24, 2.45) is 0 Å². The first-order valence-electron chi connectivity index (χ1n) is 12.7. The highest BCUT2D eigenvalue weighted by Gasteiger charge is 2.54.